The maximum atomic E-state index is 14.5. The molecule has 0 bridgehead atoms. The van der Waals surface area contributed by atoms with Crippen molar-refractivity contribution in [2.24, 2.45) is 0 Å². The molecule has 3 aromatic rings. The summed E-state index contributed by atoms with van der Waals surface area (Å²) in [5, 5.41) is -0.277. The topological polar surface area (TPSA) is 55.4 Å². The maximum absolute atomic E-state index is 14.5. The van der Waals surface area contributed by atoms with Crippen molar-refractivity contribution in [3.63, 3.8) is 0 Å². The first-order valence-corrected chi connectivity index (χ1v) is 32.8. The van der Waals surface area contributed by atoms with E-state index in [1.54, 1.807) is 0 Å². The second-order valence-corrected chi connectivity index (χ2v) is 25.9. The molecule has 0 amide bonds. The Bertz CT molecular complexity index is 3400. The molecule has 0 spiro atoms. The highest BCUT2D eigenvalue weighted by atomic mass is 79.9. The molecule has 0 radical (unpaired) electrons. The zero-order chi connectivity index (χ0) is 94.2. The van der Waals surface area contributed by atoms with Crippen LogP contribution < -0.4 is 28.4 Å². The molecule has 0 N–H and O–H groups in total. The van der Waals surface area contributed by atoms with Crippen LogP contribution >= 0.6 is 15.9 Å². The number of benzene rings is 3. The Hall–Kier alpha value is -6.70. The van der Waals surface area contributed by atoms with Crippen molar-refractivity contribution in [2.75, 3.05) is 26.4 Å². The molecule has 6 nitrogen and oxygen atoms in total. The fourth-order valence-electron chi connectivity index (χ4n) is 9.36. The van der Waals surface area contributed by atoms with E-state index in [9.17, 15) is 228 Å². The van der Waals surface area contributed by atoms with Gasteiger partial charge in [0.15, 0.2) is 0 Å². The zero-order valence-corrected chi connectivity index (χ0v) is 59.2. The van der Waals surface area contributed by atoms with E-state index >= 15 is 0 Å². The van der Waals surface area contributed by atoms with Crippen LogP contribution in [0.25, 0.3) is 0 Å². The lowest BCUT2D eigenvalue weighted by atomic mass is 9.92. The van der Waals surface area contributed by atoms with E-state index in [0.717, 1.165) is 42.5 Å². The van der Waals surface area contributed by atoms with Gasteiger partial charge in [0.05, 0.1) is 26.4 Å². The summed E-state index contributed by atoms with van der Waals surface area (Å²) in [4.78, 5) is 0. The van der Waals surface area contributed by atoms with Crippen LogP contribution in [0.2, 0.25) is 0 Å². The van der Waals surface area contributed by atoms with E-state index in [0.29, 0.717) is 12.1 Å². The van der Waals surface area contributed by atoms with Crippen molar-refractivity contribution >= 4 is 15.9 Å². The van der Waals surface area contributed by atoms with Crippen molar-refractivity contribution in [1.29, 1.82) is 0 Å². The molecule has 3 rings (SSSR count). The van der Waals surface area contributed by atoms with Crippen LogP contribution in [0, 0.1) is 0 Å². The summed E-state index contributed by atoms with van der Waals surface area (Å²) in [7, 11) is 0. The third-order valence-electron chi connectivity index (χ3n) is 16.4. The first-order valence-electron chi connectivity index (χ1n) is 31.7. The lowest BCUT2D eigenvalue weighted by Crippen LogP contribution is -2.70. The number of rotatable bonds is 47. The van der Waals surface area contributed by atoms with Gasteiger partial charge >= 0.3 is 143 Å². The molecule has 0 saturated heterocycles. The van der Waals surface area contributed by atoms with Crippen molar-refractivity contribution in [3.05, 3.63) is 71.3 Å². The van der Waals surface area contributed by atoms with Gasteiger partial charge in [0.2, 0.25) is 0 Å². The van der Waals surface area contributed by atoms with Crippen LogP contribution in [0.15, 0.2) is 54.6 Å². The van der Waals surface area contributed by atoms with Crippen molar-refractivity contribution in [1.82, 2.24) is 0 Å². The first kappa shape index (κ1) is 107. The summed E-state index contributed by atoms with van der Waals surface area (Å²) in [6.07, 6.45) is -53.6. The highest BCUT2D eigenvalue weighted by Crippen LogP contribution is 2.66. The van der Waals surface area contributed by atoms with Gasteiger partial charge in [0.1, 0.15) is 47.7 Å². The minimum Gasteiger partial charge on any atom is -0.493 e. The fraction of sp³-hybridized carbons (Fsp3) is 0.705. The van der Waals surface area contributed by atoms with Gasteiger partial charge in [-0.15, -0.1) is 0 Å². The lowest BCUT2D eigenvalue weighted by molar-refractivity contribution is -0.440. The van der Waals surface area contributed by atoms with Crippen LogP contribution in [0.1, 0.15) is 93.7 Å². The predicted octanol–water partition coefficient (Wildman–Crippen LogP) is 26.9. The number of alkyl halides is 53. The Morgan fingerprint density at radius 3 is 0.483 bits per heavy atom. The molecule has 698 valence electrons. The highest BCUT2D eigenvalue weighted by Gasteiger charge is 2.95. The van der Waals surface area contributed by atoms with Crippen LogP contribution in [0.3, 0.4) is 0 Å². The number of unbranched alkanes of at least 4 members (excludes halogenated alkanes) is 4. The normalized spacial score (nSPS) is 15.2. The fourth-order valence-corrected chi connectivity index (χ4v) is 9.69. The third-order valence-corrected chi connectivity index (χ3v) is 17.0. The van der Waals surface area contributed by atoms with Gasteiger partial charge < -0.3 is 28.4 Å². The molecular formula is C61H47BrF52O6. The van der Waals surface area contributed by atoms with E-state index in [2.05, 4.69) is 15.9 Å². The average molecular weight is 1940 g/mol. The molecule has 120 heavy (non-hydrogen) atoms. The van der Waals surface area contributed by atoms with Crippen LogP contribution in [0.5, 0.6) is 34.5 Å². The maximum Gasteiger partial charge on any atom is 0.460 e. The molecule has 0 aliphatic heterocycles. The molecule has 0 saturated carbocycles. The Morgan fingerprint density at radius 1 is 0.175 bits per heavy atom. The molecular weight excluding hydrogens is 1900 g/mol. The molecule has 0 aliphatic rings. The molecule has 0 atom stereocenters. The molecule has 0 aromatic heterocycles. The van der Waals surface area contributed by atoms with Gasteiger partial charge in [-0.1, -0.05) is 15.9 Å². The number of hydrogen-bond donors (Lipinski definition) is 0. The van der Waals surface area contributed by atoms with Crippen LogP contribution in [-0.4, -0.2) is 170 Å². The van der Waals surface area contributed by atoms with E-state index in [-0.39, 0.29) is 10.9 Å². The van der Waals surface area contributed by atoms with Crippen molar-refractivity contribution in [2.45, 2.75) is 239 Å². The number of ether oxygens (including phenoxy) is 6. The second kappa shape index (κ2) is 35.4. The van der Waals surface area contributed by atoms with Crippen molar-refractivity contribution in [3.8, 4) is 34.5 Å². The quantitative estimate of drug-likeness (QED) is 0.0319. The predicted molar refractivity (Wildman–Crippen MR) is 301 cm³/mol. The molecule has 0 unspecified atom stereocenters. The summed E-state index contributed by atoms with van der Waals surface area (Å²) in [5.74, 6) is -160. The SMILES string of the molecule is FC(F)(F)C(F)(F)C(F)(F)C(F)(F)C(F)(F)C(F)(F)CCCCOc1cc(COc2cc(CBr)cc(OCc3cc(OCCCCC(F)(F)C(F)(F)C(F)(F)C(F)(F)C(F)(F)C(F)(F)F)cc(OCCCCC(F)(F)C(F)(F)C(F)(F)C(F)(F)C(F)(F)C(F)(F)F)c3)c2)cc(OCCCCC(F)(F)C(F)(F)C(F)(F)C(F)(F)C(F)(F)C(F)(F)F)c1. The summed E-state index contributed by atoms with van der Waals surface area (Å²) >= 11 is 2.99. The lowest BCUT2D eigenvalue weighted by Gasteiger charge is -2.39. The van der Waals surface area contributed by atoms with Crippen LogP contribution in [0.4, 0.5) is 228 Å². The van der Waals surface area contributed by atoms with E-state index in [1.807, 2.05) is 0 Å². The van der Waals surface area contributed by atoms with E-state index < -0.39 is 305 Å². The molecule has 3 aromatic carbocycles. The number of hydrogen-bond acceptors (Lipinski definition) is 6. The van der Waals surface area contributed by atoms with Gasteiger partial charge in [-0.25, -0.2) is 0 Å². The van der Waals surface area contributed by atoms with Gasteiger partial charge in [-0.05, 0) is 104 Å². The van der Waals surface area contributed by atoms with Crippen LogP contribution in [-0.2, 0) is 18.5 Å². The van der Waals surface area contributed by atoms with Gasteiger partial charge in [-0.2, -0.15) is 228 Å². The standard InChI is InChI=1S/C61H47BrF52O6/c62-26-29-17-36(119-27-30-19-32(115-13-5-1-9-38(63,64)42(71,72)46(79,80)50(87,88)54(95,96)58(103,104)105)23-33(20-30)116-14-6-2-10-39(65,66)43(73,74)47(81,82)51(89,90)55(97,98)59(106,107)108)25-37(18-29)120-28-31-21-34(117-15-7-3-11-40(67,68)44(75,76)48(83,84)52(91,92)56(99,100)60(109,110)111)24-35(22-31)118-16-8-4-12-41(69,70)45(77,78)49(85,86)53(93,94)57(101,102)61(112,113)114/h17-25H,1-16,26-28H2. The Balaban J connectivity index is 2.04. The first-order chi connectivity index (χ1) is 53.1. The minimum atomic E-state index is -8.30. The van der Waals surface area contributed by atoms with Gasteiger partial charge in [0.25, 0.3) is 0 Å². The Kier molecular flexibility index (Phi) is 31.7. The largest absolute Gasteiger partial charge is 0.493 e. The Labute approximate surface area is 642 Å². The number of halogens is 53. The van der Waals surface area contributed by atoms with Crippen molar-refractivity contribution < 1.29 is 257 Å². The molecule has 0 aliphatic carbocycles. The summed E-state index contributed by atoms with van der Waals surface area (Å²) < 4.78 is 742. The van der Waals surface area contributed by atoms with Gasteiger partial charge in [0, 0.05) is 49.2 Å². The molecule has 0 heterocycles. The average Bonchev–Trinajstić information content (AvgIpc) is 0.727. The monoisotopic (exact) mass is 1940 g/mol. The van der Waals surface area contributed by atoms with Gasteiger partial charge in [-0.3, -0.25) is 0 Å². The zero-order valence-electron chi connectivity index (χ0n) is 57.6. The second-order valence-electron chi connectivity index (χ2n) is 25.4. The van der Waals surface area contributed by atoms with E-state index in [4.69, 9.17) is 28.4 Å². The highest BCUT2D eigenvalue weighted by molar-refractivity contribution is 9.08. The Morgan fingerprint density at radius 2 is 0.325 bits per heavy atom. The summed E-state index contributed by atoms with van der Waals surface area (Å²) in [5.41, 5.74) is -0.794. The third kappa shape index (κ3) is 20.5. The smallest absolute Gasteiger partial charge is 0.460 e. The minimum absolute atomic E-state index is 0.0322. The molecule has 0 fully saturated rings. The summed E-state index contributed by atoms with van der Waals surface area (Å²) in [6, 6.07) is 7.23. The summed E-state index contributed by atoms with van der Waals surface area (Å²) in [6.45, 7) is -6.75. The van der Waals surface area contributed by atoms with E-state index in [1.165, 1.54) is 0 Å². The molecule has 59 heteroatoms.